The number of phenolic OH excluding ortho intramolecular Hbond substituents is 1. The summed E-state index contributed by atoms with van der Waals surface area (Å²) in [4.78, 5) is 0. The van der Waals surface area contributed by atoms with Crippen LogP contribution < -0.4 is 11.5 Å². The number of aliphatic hydroxyl groups is 1. The van der Waals surface area contributed by atoms with E-state index in [4.69, 9.17) is 11.5 Å². The predicted molar refractivity (Wildman–Crippen MR) is 51.1 cm³/mol. The van der Waals surface area contributed by atoms with E-state index in [1.807, 2.05) is 0 Å². The number of aromatic hydroxyl groups is 1. The summed E-state index contributed by atoms with van der Waals surface area (Å²) in [7, 11) is 0. The first-order valence-electron chi connectivity index (χ1n) is 4.05. The van der Waals surface area contributed by atoms with E-state index in [0.29, 0.717) is 5.56 Å². The fraction of sp³-hybridized carbons (Fsp3) is 0.333. The van der Waals surface area contributed by atoms with Gasteiger partial charge in [0.25, 0.3) is 0 Å². The van der Waals surface area contributed by atoms with Gasteiger partial charge >= 0.3 is 0 Å². The Morgan fingerprint density at radius 1 is 1.38 bits per heavy atom. The third kappa shape index (κ3) is 1.91. The van der Waals surface area contributed by atoms with Crippen LogP contribution in [-0.4, -0.2) is 16.3 Å². The van der Waals surface area contributed by atoms with Gasteiger partial charge in [-0.1, -0.05) is 12.1 Å². The molecule has 0 amide bonds. The summed E-state index contributed by atoms with van der Waals surface area (Å²) in [6.07, 6.45) is -0.715. The normalized spacial score (nSPS) is 15.3. The Hall–Kier alpha value is -1.26. The van der Waals surface area contributed by atoms with Crippen LogP contribution in [0, 0.1) is 0 Å². The molecule has 1 aromatic carbocycles. The summed E-state index contributed by atoms with van der Waals surface area (Å²) >= 11 is 0. The second-order valence-electron chi connectivity index (χ2n) is 3.05. The zero-order valence-corrected chi connectivity index (χ0v) is 7.44. The molecule has 0 aliphatic carbocycles. The van der Waals surface area contributed by atoms with Crippen molar-refractivity contribution in [2.24, 2.45) is 5.73 Å². The highest BCUT2D eigenvalue weighted by Crippen LogP contribution is 2.29. The molecule has 0 heterocycles. The van der Waals surface area contributed by atoms with Gasteiger partial charge in [-0.15, -0.1) is 0 Å². The standard InChI is InChI=1S/C9H14N2O2/c1-5(12)8(11)6-3-2-4-7(10)9(6)13/h2-5,8,12-13H,10-11H2,1H3/t5-,8-/m0/s1. The number of nitrogens with two attached hydrogens (primary N) is 2. The molecule has 0 aliphatic rings. The summed E-state index contributed by atoms with van der Waals surface area (Å²) in [6.45, 7) is 1.56. The van der Waals surface area contributed by atoms with Crippen molar-refractivity contribution in [3.63, 3.8) is 0 Å². The van der Waals surface area contributed by atoms with E-state index < -0.39 is 12.1 Å². The second-order valence-corrected chi connectivity index (χ2v) is 3.05. The molecular formula is C9H14N2O2. The number of rotatable bonds is 2. The van der Waals surface area contributed by atoms with Crippen molar-refractivity contribution in [1.29, 1.82) is 0 Å². The quantitative estimate of drug-likeness (QED) is 0.392. The van der Waals surface area contributed by atoms with Crippen molar-refractivity contribution in [2.45, 2.75) is 19.1 Å². The van der Waals surface area contributed by atoms with E-state index in [1.54, 1.807) is 25.1 Å². The number of nitrogen functional groups attached to an aromatic ring is 1. The van der Waals surface area contributed by atoms with E-state index >= 15 is 0 Å². The zero-order chi connectivity index (χ0) is 10.0. The van der Waals surface area contributed by atoms with Crippen LogP contribution in [0.2, 0.25) is 0 Å². The number of aliphatic hydroxyl groups excluding tert-OH is 1. The van der Waals surface area contributed by atoms with Crippen LogP contribution in [-0.2, 0) is 0 Å². The van der Waals surface area contributed by atoms with Crippen LogP contribution in [0.3, 0.4) is 0 Å². The topological polar surface area (TPSA) is 92.5 Å². The first-order valence-corrected chi connectivity index (χ1v) is 4.05. The van der Waals surface area contributed by atoms with Crippen LogP contribution in [0.15, 0.2) is 18.2 Å². The molecule has 4 heteroatoms. The fourth-order valence-electron chi connectivity index (χ4n) is 1.11. The third-order valence-corrected chi connectivity index (χ3v) is 1.98. The number of hydrogen-bond donors (Lipinski definition) is 4. The summed E-state index contributed by atoms with van der Waals surface area (Å²) in [5.74, 6) is -0.0455. The second kappa shape index (κ2) is 3.64. The molecule has 13 heavy (non-hydrogen) atoms. The van der Waals surface area contributed by atoms with E-state index in [1.165, 1.54) is 0 Å². The Bertz CT molecular complexity index is 300. The highest BCUT2D eigenvalue weighted by Gasteiger charge is 2.16. The molecule has 0 saturated carbocycles. The average molecular weight is 182 g/mol. The van der Waals surface area contributed by atoms with Gasteiger partial charge in [0, 0.05) is 5.56 Å². The molecule has 0 radical (unpaired) electrons. The molecule has 2 atom stereocenters. The summed E-state index contributed by atoms with van der Waals surface area (Å²) in [5, 5.41) is 18.7. The van der Waals surface area contributed by atoms with Gasteiger partial charge in [0.2, 0.25) is 0 Å². The van der Waals surface area contributed by atoms with Crippen molar-refractivity contribution in [3.05, 3.63) is 23.8 Å². The fourth-order valence-corrected chi connectivity index (χ4v) is 1.11. The van der Waals surface area contributed by atoms with Gasteiger partial charge in [-0.25, -0.2) is 0 Å². The molecule has 4 nitrogen and oxygen atoms in total. The summed E-state index contributed by atoms with van der Waals surface area (Å²) in [6, 6.07) is 4.30. The Kier molecular flexibility index (Phi) is 2.75. The summed E-state index contributed by atoms with van der Waals surface area (Å²) < 4.78 is 0. The molecule has 0 aromatic heterocycles. The number of phenols is 1. The maximum atomic E-state index is 9.50. The van der Waals surface area contributed by atoms with E-state index in [0.717, 1.165) is 0 Å². The number of anilines is 1. The van der Waals surface area contributed by atoms with Gasteiger partial charge in [0.1, 0.15) is 5.75 Å². The van der Waals surface area contributed by atoms with Crippen molar-refractivity contribution < 1.29 is 10.2 Å². The largest absolute Gasteiger partial charge is 0.505 e. The molecule has 6 N–H and O–H groups in total. The molecule has 0 aliphatic heterocycles. The molecule has 0 saturated heterocycles. The van der Waals surface area contributed by atoms with Gasteiger partial charge in [0.15, 0.2) is 0 Å². The first-order chi connectivity index (χ1) is 6.04. The van der Waals surface area contributed by atoms with Gasteiger partial charge < -0.3 is 21.7 Å². The Morgan fingerprint density at radius 3 is 2.54 bits per heavy atom. The van der Waals surface area contributed by atoms with Crippen LogP contribution in [0.1, 0.15) is 18.5 Å². The van der Waals surface area contributed by atoms with E-state index in [-0.39, 0.29) is 11.4 Å². The SMILES string of the molecule is C[C@H](O)[C@H](N)c1cccc(N)c1O. The van der Waals surface area contributed by atoms with Gasteiger partial charge in [-0.05, 0) is 13.0 Å². The zero-order valence-electron chi connectivity index (χ0n) is 7.44. The first kappa shape index (κ1) is 9.83. The van der Waals surface area contributed by atoms with Gasteiger partial charge in [-0.3, -0.25) is 0 Å². The average Bonchev–Trinajstić information content (AvgIpc) is 2.08. The number of benzene rings is 1. The molecule has 72 valence electrons. The summed E-state index contributed by atoms with van der Waals surface area (Å²) in [5.41, 5.74) is 11.9. The maximum Gasteiger partial charge on any atom is 0.143 e. The van der Waals surface area contributed by atoms with Gasteiger partial charge in [-0.2, -0.15) is 0 Å². The highest BCUT2D eigenvalue weighted by molar-refractivity contribution is 5.56. The molecule has 1 rings (SSSR count). The van der Waals surface area contributed by atoms with Crippen molar-refractivity contribution in [2.75, 3.05) is 5.73 Å². The molecular weight excluding hydrogens is 168 g/mol. The highest BCUT2D eigenvalue weighted by atomic mass is 16.3. The van der Waals surface area contributed by atoms with Crippen LogP contribution in [0.4, 0.5) is 5.69 Å². The lowest BCUT2D eigenvalue weighted by molar-refractivity contribution is 0.163. The Labute approximate surface area is 76.8 Å². The smallest absolute Gasteiger partial charge is 0.143 e. The molecule has 1 aromatic rings. The minimum Gasteiger partial charge on any atom is -0.505 e. The Balaban J connectivity index is 3.07. The maximum absolute atomic E-state index is 9.50. The van der Waals surface area contributed by atoms with Crippen molar-refractivity contribution in [1.82, 2.24) is 0 Å². The van der Waals surface area contributed by atoms with Gasteiger partial charge in [0.05, 0.1) is 17.8 Å². The van der Waals surface area contributed by atoms with Crippen LogP contribution >= 0.6 is 0 Å². The van der Waals surface area contributed by atoms with E-state index in [9.17, 15) is 10.2 Å². The van der Waals surface area contributed by atoms with Crippen LogP contribution in [0.5, 0.6) is 5.75 Å². The third-order valence-electron chi connectivity index (χ3n) is 1.98. The lowest BCUT2D eigenvalue weighted by Gasteiger charge is -2.16. The monoisotopic (exact) mass is 182 g/mol. The number of para-hydroxylation sites is 1. The van der Waals surface area contributed by atoms with Crippen molar-refractivity contribution >= 4 is 5.69 Å². The predicted octanol–water partition coefficient (Wildman–Crippen LogP) is 0.355. The Morgan fingerprint density at radius 2 is 2.00 bits per heavy atom. The van der Waals surface area contributed by atoms with E-state index in [2.05, 4.69) is 0 Å². The number of hydrogen-bond acceptors (Lipinski definition) is 4. The molecule has 0 unspecified atom stereocenters. The minimum atomic E-state index is -0.715. The molecule has 0 spiro atoms. The molecule has 0 fully saturated rings. The lowest BCUT2D eigenvalue weighted by Crippen LogP contribution is -2.23. The van der Waals surface area contributed by atoms with Crippen molar-refractivity contribution in [3.8, 4) is 5.75 Å². The van der Waals surface area contributed by atoms with Crippen LogP contribution in [0.25, 0.3) is 0 Å². The molecule has 0 bridgehead atoms. The lowest BCUT2D eigenvalue weighted by atomic mass is 10.0. The minimum absolute atomic E-state index is 0.0455.